The molecule has 0 amide bonds. The van der Waals surface area contributed by atoms with Crippen LogP contribution in [0.1, 0.15) is 11.1 Å². The van der Waals surface area contributed by atoms with E-state index in [4.69, 9.17) is 0 Å². The third-order valence-electron chi connectivity index (χ3n) is 3.83. The number of carboxylic acids is 2. The molecule has 112 valence electrons. The molecule has 0 saturated carbocycles. The first kappa shape index (κ1) is 14.1. The maximum atomic E-state index is 10.8. The number of hydrogen-bond acceptors (Lipinski definition) is 4. The van der Waals surface area contributed by atoms with E-state index in [1.54, 1.807) is 12.1 Å². The molecule has 3 aromatic rings. The predicted octanol–water partition coefficient (Wildman–Crippen LogP) is -0.0837. The van der Waals surface area contributed by atoms with Crippen LogP contribution < -0.4 is 10.2 Å². The van der Waals surface area contributed by atoms with Gasteiger partial charge in [0.15, 0.2) is 0 Å². The first-order valence-corrected chi connectivity index (χ1v) is 6.85. The van der Waals surface area contributed by atoms with Gasteiger partial charge in [0.25, 0.3) is 0 Å². The number of aromatic nitrogens is 1. The summed E-state index contributed by atoms with van der Waals surface area (Å²) in [5.41, 5.74) is 3.24. The van der Waals surface area contributed by atoms with Gasteiger partial charge in [0.2, 0.25) is 0 Å². The van der Waals surface area contributed by atoms with E-state index in [0.29, 0.717) is 11.1 Å². The van der Waals surface area contributed by atoms with Crippen molar-refractivity contribution in [2.24, 2.45) is 7.05 Å². The van der Waals surface area contributed by atoms with Gasteiger partial charge in [-0.05, 0) is 35.4 Å². The van der Waals surface area contributed by atoms with E-state index >= 15 is 0 Å². The van der Waals surface area contributed by atoms with Crippen LogP contribution in [0.4, 0.5) is 0 Å². The first-order valence-electron chi connectivity index (χ1n) is 6.85. The molecule has 5 nitrogen and oxygen atoms in total. The van der Waals surface area contributed by atoms with Gasteiger partial charge in [0, 0.05) is 53.6 Å². The van der Waals surface area contributed by atoms with Crippen LogP contribution in [0, 0.1) is 0 Å². The quantitative estimate of drug-likeness (QED) is 0.673. The van der Waals surface area contributed by atoms with E-state index in [0.717, 1.165) is 21.8 Å². The molecule has 1 aromatic heterocycles. The number of benzene rings is 2. The Balaban J connectivity index is 2.23. The number of aryl methyl sites for hydroxylation is 1. The number of carbonyl (C=O) groups excluding carboxylic acids is 2. The zero-order valence-electron chi connectivity index (χ0n) is 12.0. The SMILES string of the molecule is Cn1c2ccc(CC(=O)[O-])cc2c2cc(CC(=O)[O-])ccc21. The molecule has 0 radical (unpaired) electrons. The van der Waals surface area contributed by atoms with Crippen molar-refractivity contribution in [1.29, 1.82) is 0 Å². The van der Waals surface area contributed by atoms with E-state index in [2.05, 4.69) is 0 Å². The summed E-state index contributed by atoms with van der Waals surface area (Å²) in [5.74, 6) is -2.26. The maximum Gasteiger partial charge on any atom is 0.0488 e. The second-order valence-corrected chi connectivity index (χ2v) is 5.36. The molecular formula is C17H13NO4-2. The van der Waals surface area contributed by atoms with Crippen LogP contribution in [0.15, 0.2) is 36.4 Å². The van der Waals surface area contributed by atoms with Gasteiger partial charge in [0.05, 0.1) is 0 Å². The van der Waals surface area contributed by atoms with Crippen LogP contribution >= 0.6 is 0 Å². The first-order chi connectivity index (χ1) is 10.5. The second-order valence-electron chi connectivity index (χ2n) is 5.36. The highest BCUT2D eigenvalue weighted by atomic mass is 16.4. The number of hydrogen-bond donors (Lipinski definition) is 0. The average Bonchev–Trinajstić information content (AvgIpc) is 2.70. The van der Waals surface area contributed by atoms with Gasteiger partial charge in [-0.2, -0.15) is 0 Å². The van der Waals surface area contributed by atoms with Crippen molar-refractivity contribution >= 4 is 33.7 Å². The molecule has 0 N–H and O–H groups in total. The van der Waals surface area contributed by atoms with Crippen molar-refractivity contribution in [1.82, 2.24) is 4.57 Å². The minimum absolute atomic E-state index is 0.148. The fraction of sp³-hybridized carbons (Fsp3) is 0.176. The number of rotatable bonds is 4. The lowest BCUT2D eigenvalue weighted by Crippen LogP contribution is -2.24. The van der Waals surface area contributed by atoms with Crippen LogP contribution in [0.25, 0.3) is 21.8 Å². The van der Waals surface area contributed by atoms with Gasteiger partial charge < -0.3 is 24.4 Å². The standard InChI is InChI=1S/C17H15NO4/c1-18-14-4-2-10(8-16(19)20)6-12(14)13-7-11(9-17(21)22)3-5-15(13)18/h2-7H,8-9H2,1H3,(H,19,20)(H,21,22)/p-2. The third kappa shape index (κ3) is 2.41. The van der Waals surface area contributed by atoms with E-state index in [1.165, 1.54) is 0 Å². The van der Waals surface area contributed by atoms with Crippen molar-refractivity contribution < 1.29 is 19.8 Å². The van der Waals surface area contributed by atoms with Crippen LogP contribution in [-0.4, -0.2) is 16.5 Å². The molecule has 0 aliphatic rings. The van der Waals surface area contributed by atoms with Gasteiger partial charge in [-0.15, -0.1) is 0 Å². The Kier molecular flexibility index (Phi) is 3.33. The third-order valence-corrected chi connectivity index (χ3v) is 3.83. The normalized spacial score (nSPS) is 11.1. The Bertz CT molecular complexity index is 835. The molecule has 0 atom stereocenters. The molecule has 1 heterocycles. The largest absolute Gasteiger partial charge is 0.550 e. The van der Waals surface area contributed by atoms with Crippen molar-refractivity contribution in [3.63, 3.8) is 0 Å². The minimum Gasteiger partial charge on any atom is -0.550 e. The summed E-state index contributed by atoms with van der Waals surface area (Å²) in [6.45, 7) is 0. The maximum absolute atomic E-state index is 10.8. The fourth-order valence-corrected chi connectivity index (χ4v) is 2.87. The molecule has 0 saturated heterocycles. The molecule has 22 heavy (non-hydrogen) atoms. The Hall–Kier alpha value is -2.82. The zero-order valence-corrected chi connectivity index (χ0v) is 12.0. The summed E-state index contributed by atoms with van der Waals surface area (Å²) in [6, 6.07) is 10.9. The highest BCUT2D eigenvalue weighted by Gasteiger charge is 2.10. The Morgan fingerprint density at radius 3 is 1.64 bits per heavy atom. The Morgan fingerprint density at radius 1 is 0.864 bits per heavy atom. The topological polar surface area (TPSA) is 85.2 Å². The Labute approximate surface area is 126 Å². The lowest BCUT2D eigenvalue weighted by atomic mass is 10.0. The van der Waals surface area contributed by atoms with Crippen molar-refractivity contribution in [2.45, 2.75) is 12.8 Å². The molecule has 0 aliphatic heterocycles. The smallest absolute Gasteiger partial charge is 0.0488 e. The van der Waals surface area contributed by atoms with Crippen LogP contribution in [0.2, 0.25) is 0 Å². The molecule has 0 aliphatic carbocycles. The highest BCUT2D eigenvalue weighted by molar-refractivity contribution is 6.08. The number of carbonyl (C=O) groups is 2. The summed E-state index contributed by atoms with van der Waals surface area (Å²) >= 11 is 0. The number of fused-ring (bicyclic) bond motifs is 3. The van der Waals surface area contributed by atoms with Gasteiger partial charge in [-0.1, -0.05) is 12.1 Å². The van der Waals surface area contributed by atoms with Crippen LogP contribution in [0.5, 0.6) is 0 Å². The summed E-state index contributed by atoms with van der Waals surface area (Å²) < 4.78 is 2.00. The van der Waals surface area contributed by atoms with Crippen molar-refractivity contribution in [3.05, 3.63) is 47.5 Å². The molecule has 0 bridgehead atoms. The predicted molar refractivity (Wildman–Crippen MR) is 77.8 cm³/mol. The molecule has 3 rings (SSSR count). The van der Waals surface area contributed by atoms with Crippen molar-refractivity contribution in [3.8, 4) is 0 Å². The number of aliphatic carboxylic acids is 2. The van der Waals surface area contributed by atoms with Gasteiger partial charge in [-0.25, -0.2) is 0 Å². The Morgan fingerprint density at radius 2 is 1.27 bits per heavy atom. The highest BCUT2D eigenvalue weighted by Crippen LogP contribution is 2.30. The van der Waals surface area contributed by atoms with E-state index in [9.17, 15) is 19.8 Å². The van der Waals surface area contributed by atoms with Gasteiger partial charge >= 0.3 is 0 Å². The lowest BCUT2D eigenvalue weighted by Gasteiger charge is -2.04. The van der Waals surface area contributed by atoms with Crippen LogP contribution in [-0.2, 0) is 29.5 Å². The minimum atomic E-state index is -1.13. The fourth-order valence-electron chi connectivity index (χ4n) is 2.87. The van der Waals surface area contributed by atoms with E-state index in [-0.39, 0.29) is 12.8 Å². The summed E-state index contributed by atoms with van der Waals surface area (Å²) in [5, 5.41) is 23.3. The van der Waals surface area contributed by atoms with E-state index in [1.807, 2.05) is 35.9 Å². The van der Waals surface area contributed by atoms with E-state index < -0.39 is 11.9 Å². The molecule has 2 aromatic carbocycles. The van der Waals surface area contributed by atoms with Crippen LogP contribution in [0.3, 0.4) is 0 Å². The molecule has 5 heteroatoms. The summed E-state index contributed by atoms with van der Waals surface area (Å²) in [6.07, 6.45) is -0.296. The van der Waals surface area contributed by atoms with Gasteiger partial charge in [-0.3, -0.25) is 0 Å². The monoisotopic (exact) mass is 295 g/mol. The number of carboxylic acid groups (broad SMARTS) is 2. The average molecular weight is 295 g/mol. The van der Waals surface area contributed by atoms with Crippen molar-refractivity contribution in [2.75, 3.05) is 0 Å². The molecule has 0 unspecified atom stereocenters. The lowest BCUT2D eigenvalue weighted by molar-refractivity contribution is -0.306. The molecule has 0 spiro atoms. The second kappa shape index (κ2) is 5.18. The molecular weight excluding hydrogens is 282 g/mol. The van der Waals surface area contributed by atoms with Gasteiger partial charge in [0.1, 0.15) is 0 Å². The number of nitrogens with zero attached hydrogens (tertiary/aromatic N) is 1. The molecule has 0 fully saturated rings. The zero-order chi connectivity index (χ0) is 15.9. The summed E-state index contributed by atoms with van der Waals surface area (Å²) in [7, 11) is 1.92. The summed E-state index contributed by atoms with van der Waals surface area (Å²) in [4.78, 5) is 21.5.